The van der Waals surface area contributed by atoms with Crippen molar-refractivity contribution in [2.45, 2.75) is 18.9 Å². The van der Waals surface area contributed by atoms with E-state index in [0.717, 1.165) is 30.1 Å². The summed E-state index contributed by atoms with van der Waals surface area (Å²) in [6, 6.07) is 0. The Morgan fingerprint density at radius 3 is 2.12 bits per heavy atom. The zero-order valence-electron chi connectivity index (χ0n) is 4.75. The second-order valence-electron chi connectivity index (χ2n) is 3.54. The second kappa shape index (κ2) is 0.860. The van der Waals surface area contributed by atoms with Gasteiger partial charge >= 0.3 is 0 Å². The summed E-state index contributed by atoms with van der Waals surface area (Å²) in [4.78, 5) is 0. The molecule has 4 saturated carbocycles. The Balaban J connectivity index is 1.89. The molecule has 0 saturated heterocycles. The fraction of sp³-hybridized carbons (Fsp3) is 1.00. The molecule has 0 heterocycles. The number of aliphatic hydroxyl groups is 1. The molecule has 3 unspecified atom stereocenters. The Bertz CT molecular complexity index is 133. The first kappa shape index (κ1) is 3.89. The molecule has 0 aromatic carbocycles. The predicted octanol–water partition coefficient (Wildman–Crippen LogP) is 0.633. The molecule has 4 rings (SSSR count). The van der Waals surface area contributed by atoms with Crippen molar-refractivity contribution in [2.24, 2.45) is 23.7 Å². The summed E-state index contributed by atoms with van der Waals surface area (Å²) in [7, 11) is 0. The van der Waals surface area contributed by atoms with E-state index < -0.39 is 0 Å². The highest BCUT2D eigenvalue weighted by Crippen LogP contribution is 2.78. The van der Waals surface area contributed by atoms with Crippen LogP contribution in [-0.4, -0.2) is 11.2 Å². The molecule has 3 atom stereocenters. The van der Waals surface area contributed by atoms with Crippen molar-refractivity contribution >= 4 is 0 Å². The summed E-state index contributed by atoms with van der Waals surface area (Å²) in [5.41, 5.74) is 0. The van der Waals surface area contributed by atoms with Gasteiger partial charge in [-0.3, -0.25) is 0 Å². The molecule has 0 radical (unpaired) electrons. The van der Waals surface area contributed by atoms with Crippen LogP contribution in [0.4, 0.5) is 0 Å². The van der Waals surface area contributed by atoms with Crippen molar-refractivity contribution in [1.29, 1.82) is 0 Å². The Hall–Kier alpha value is -0.0400. The highest BCUT2D eigenvalue weighted by molar-refractivity contribution is 5.23. The van der Waals surface area contributed by atoms with Gasteiger partial charge in [-0.1, -0.05) is 0 Å². The van der Waals surface area contributed by atoms with E-state index in [4.69, 9.17) is 0 Å². The van der Waals surface area contributed by atoms with Gasteiger partial charge in [0.05, 0.1) is 6.10 Å². The van der Waals surface area contributed by atoms with Crippen molar-refractivity contribution in [3.05, 3.63) is 0 Å². The minimum Gasteiger partial charge on any atom is -0.393 e. The van der Waals surface area contributed by atoms with Crippen LogP contribution >= 0.6 is 0 Å². The Morgan fingerprint density at radius 2 is 1.75 bits per heavy atom. The lowest BCUT2D eigenvalue weighted by Crippen LogP contribution is -2.24. The molecule has 0 amide bonds. The van der Waals surface area contributed by atoms with Gasteiger partial charge in [0.15, 0.2) is 0 Å². The molecule has 8 heavy (non-hydrogen) atoms. The summed E-state index contributed by atoms with van der Waals surface area (Å²) >= 11 is 0. The van der Waals surface area contributed by atoms with Gasteiger partial charge in [-0.2, -0.15) is 0 Å². The van der Waals surface area contributed by atoms with Crippen LogP contribution in [0.3, 0.4) is 0 Å². The van der Waals surface area contributed by atoms with Gasteiger partial charge in [-0.15, -0.1) is 0 Å². The lowest BCUT2D eigenvalue weighted by Gasteiger charge is -2.23. The van der Waals surface area contributed by atoms with Crippen molar-refractivity contribution in [3.8, 4) is 0 Å². The number of aliphatic hydroxyl groups excluding tert-OH is 1. The van der Waals surface area contributed by atoms with Gasteiger partial charge in [0, 0.05) is 0 Å². The van der Waals surface area contributed by atoms with Crippen LogP contribution in [-0.2, 0) is 0 Å². The first-order chi connectivity index (χ1) is 3.89. The molecule has 0 aromatic heterocycles. The van der Waals surface area contributed by atoms with E-state index in [1.165, 1.54) is 6.42 Å². The Labute approximate surface area is 48.7 Å². The molecule has 1 nitrogen and oxygen atoms in total. The average Bonchev–Trinajstić information content (AvgIpc) is 2.48. The number of fused-ring (bicyclic) bond motifs is 2. The molecule has 4 aliphatic rings. The van der Waals surface area contributed by atoms with Gasteiger partial charge < -0.3 is 5.11 Å². The van der Waals surface area contributed by atoms with Crippen LogP contribution in [0.15, 0.2) is 0 Å². The summed E-state index contributed by atoms with van der Waals surface area (Å²) < 4.78 is 0. The van der Waals surface area contributed by atoms with Crippen molar-refractivity contribution in [2.75, 3.05) is 0 Å². The summed E-state index contributed by atoms with van der Waals surface area (Å²) in [6.45, 7) is 0. The molecule has 4 aliphatic carbocycles. The monoisotopic (exact) mass is 110 g/mol. The molecule has 0 aliphatic heterocycles. The molecule has 1 N–H and O–H groups in total. The lowest BCUT2D eigenvalue weighted by molar-refractivity contribution is 0.0717. The third-order valence-corrected chi connectivity index (χ3v) is 3.28. The molecular weight excluding hydrogens is 100 g/mol. The summed E-state index contributed by atoms with van der Waals surface area (Å²) in [6.07, 6.45) is 2.53. The first-order valence-corrected chi connectivity index (χ1v) is 3.57. The van der Waals surface area contributed by atoms with Gasteiger partial charge in [0.1, 0.15) is 0 Å². The Kier molecular flexibility index (Phi) is 0.418. The summed E-state index contributed by atoms with van der Waals surface area (Å²) in [5.74, 6) is 3.90. The zero-order valence-corrected chi connectivity index (χ0v) is 4.75. The van der Waals surface area contributed by atoms with E-state index in [-0.39, 0.29) is 6.10 Å². The normalized spacial score (nSPS) is 73.9. The van der Waals surface area contributed by atoms with Gasteiger partial charge in [-0.25, -0.2) is 0 Å². The van der Waals surface area contributed by atoms with Crippen LogP contribution in [0.5, 0.6) is 0 Å². The predicted molar refractivity (Wildman–Crippen MR) is 29.2 cm³/mol. The standard InChI is InChI=1S/C7H10O/c8-4-2-1-3-5-6(3)7(4)5/h3-8H,1-2H2. The molecular formula is C7H10O. The lowest BCUT2D eigenvalue weighted by atomic mass is 9.86. The Morgan fingerprint density at radius 1 is 1.00 bits per heavy atom. The number of hydrogen-bond donors (Lipinski definition) is 1. The summed E-state index contributed by atoms with van der Waals surface area (Å²) in [5, 5.41) is 9.24. The quantitative estimate of drug-likeness (QED) is 0.485. The van der Waals surface area contributed by atoms with E-state index in [2.05, 4.69) is 0 Å². The molecule has 44 valence electrons. The maximum Gasteiger partial charge on any atom is 0.0574 e. The van der Waals surface area contributed by atoms with E-state index in [9.17, 15) is 5.11 Å². The van der Waals surface area contributed by atoms with Crippen LogP contribution in [0.25, 0.3) is 0 Å². The van der Waals surface area contributed by atoms with Crippen molar-refractivity contribution in [1.82, 2.24) is 0 Å². The zero-order chi connectivity index (χ0) is 5.30. The average molecular weight is 110 g/mol. The third-order valence-electron chi connectivity index (χ3n) is 3.28. The van der Waals surface area contributed by atoms with E-state index >= 15 is 0 Å². The SMILES string of the molecule is OC1CCC2C3C1C23. The van der Waals surface area contributed by atoms with E-state index in [1.54, 1.807) is 0 Å². The topological polar surface area (TPSA) is 20.2 Å². The highest BCUT2D eigenvalue weighted by atomic mass is 16.3. The van der Waals surface area contributed by atoms with Crippen LogP contribution in [0, 0.1) is 23.7 Å². The molecule has 0 spiro atoms. The van der Waals surface area contributed by atoms with Crippen LogP contribution in [0.2, 0.25) is 0 Å². The van der Waals surface area contributed by atoms with E-state index in [1.807, 2.05) is 0 Å². The highest BCUT2D eigenvalue weighted by Gasteiger charge is 2.76. The van der Waals surface area contributed by atoms with Gasteiger partial charge in [0.25, 0.3) is 0 Å². The van der Waals surface area contributed by atoms with Crippen molar-refractivity contribution in [3.63, 3.8) is 0 Å². The number of hydrogen-bond acceptors (Lipinski definition) is 1. The molecule has 0 aromatic rings. The van der Waals surface area contributed by atoms with Crippen molar-refractivity contribution < 1.29 is 5.11 Å². The smallest absolute Gasteiger partial charge is 0.0574 e. The minimum absolute atomic E-state index is 0.106. The number of rotatable bonds is 0. The fourth-order valence-corrected chi connectivity index (χ4v) is 2.69. The third kappa shape index (κ3) is 0.235. The maximum absolute atomic E-state index is 9.24. The minimum atomic E-state index is 0.106. The van der Waals surface area contributed by atoms with E-state index in [0.29, 0.717) is 0 Å². The fourth-order valence-electron chi connectivity index (χ4n) is 2.69. The van der Waals surface area contributed by atoms with Crippen LogP contribution in [0.1, 0.15) is 12.8 Å². The molecule has 2 bridgehead atoms. The second-order valence-corrected chi connectivity index (χ2v) is 3.54. The van der Waals surface area contributed by atoms with Gasteiger partial charge in [-0.05, 0) is 36.5 Å². The first-order valence-electron chi connectivity index (χ1n) is 3.57. The maximum atomic E-state index is 9.24. The largest absolute Gasteiger partial charge is 0.393 e. The molecule has 1 heteroatoms. The van der Waals surface area contributed by atoms with Gasteiger partial charge in [0.2, 0.25) is 0 Å². The van der Waals surface area contributed by atoms with Crippen LogP contribution < -0.4 is 0 Å². The molecule has 4 fully saturated rings.